The van der Waals surface area contributed by atoms with Crippen molar-refractivity contribution >= 4 is 27.5 Å². The number of halogens is 3. The third-order valence-electron chi connectivity index (χ3n) is 2.07. The lowest BCUT2D eigenvalue weighted by Crippen LogP contribution is -2.27. The molecular formula is C10H11BrF2N2O. The topological polar surface area (TPSA) is 55.1 Å². The molecule has 0 aromatic heterocycles. The zero-order valence-electron chi connectivity index (χ0n) is 8.56. The summed E-state index contributed by atoms with van der Waals surface area (Å²) in [5, 5.41) is 2.27. The van der Waals surface area contributed by atoms with Crippen LogP contribution in [-0.2, 0) is 4.79 Å². The van der Waals surface area contributed by atoms with Crippen molar-refractivity contribution in [3.63, 3.8) is 0 Å². The Balaban J connectivity index is 2.90. The minimum absolute atomic E-state index is 0.00914. The van der Waals surface area contributed by atoms with Gasteiger partial charge >= 0.3 is 0 Å². The highest BCUT2D eigenvalue weighted by atomic mass is 79.9. The van der Waals surface area contributed by atoms with E-state index >= 15 is 0 Å². The summed E-state index contributed by atoms with van der Waals surface area (Å²) in [7, 11) is 0. The summed E-state index contributed by atoms with van der Waals surface area (Å²) < 4.78 is 26.4. The van der Waals surface area contributed by atoms with E-state index in [4.69, 9.17) is 5.73 Å². The Labute approximate surface area is 100 Å². The van der Waals surface area contributed by atoms with Gasteiger partial charge in [0.2, 0.25) is 5.91 Å². The maximum atomic E-state index is 13.3. The van der Waals surface area contributed by atoms with E-state index in [0.717, 1.165) is 12.1 Å². The van der Waals surface area contributed by atoms with E-state index in [1.54, 1.807) is 6.92 Å². The summed E-state index contributed by atoms with van der Waals surface area (Å²) in [5.41, 5.74) is 5.09. The van der Waals surface area contributed by atoms with Crippen LogP contribution in [0.5, 0.6) is 0 Å². The Morgan fingerprint density at radius 3 is 2.69 bits per heavy atom. The summed E-state index contributed by atoms with van der Waals surface area (Å²) in [5.74, 6) is -2.24. The van der Waals surface area contributed by atoms with Crippen LogP contribution in [0.4, 0.5) is 14.5 Å². The molecular weight excluding hydrogens is 282 g/mol. The van der Waals surface area contributed by atoms with E-state index < -0.39 is 23.5 Å². The van der Waals surface area contributed by atoms with Gasteiger partial charge in [0.1, 0.15) is 11.6 Å². The zero-order chi connectivity index (χ0) is 12.3. The van der Waals surface area contributed by atoms with Gasteiger partial charge in [-0.05, 0) is 22.0 Å². The summed E-state index contributed by atoms with van der Waals surface area (Å²) in [6.45, 7) is 1.74. The third-order valence-corrected chi connectivity index (χ3v) is 2.68. The number of nitrogens with two attached hydrogens (primary N) is 1. The summed E-state index contributed by atoms with van der Waals surface area (Å²) >= 11 is 2.84. The van der Waals surface area contributed by atoms with Crippen LogP contribution < -0.4 is 11.1 Å². The molecule has 1 aromatic carbocycles. The Morgan fingerprint density at radius 2 is 2.12 bits per heavy atom. The van der Waals surface area contributed by atoms with E-state index in [1.165, 1.54) is 0 Å². The first kappa shape index (κ1) is 13.1. The van der Waals surface area contributed by atoms with Crippen LogP contribution in [-0.4, -0.2) is 12.5 Å². The van der Waals surface area contributed by atoms with Crippen LogP contribution in [0.25, 0.3) is 0 Å². The fourth-order valence-corrected chi connectivity index (χ4v) is 1.30. The number of anilines is 1. The van der Waals surface area contributed by atoms with Crippen LogP contribution in [0.2, 0.25) is 0 Å². The number of amides is 1. The van der Waals surface area contributed by atoms with Crippen molar-refractivity contribution in [1.29, 1.82) is 0 Å². The largest absolute Gasteiger partial charge is 0.330 e. The SMILES string of the molecule is CC(CN)C(=O)Nc1cc(F)c(Br)cc1F. The van der Waals surface area contributed by atoms with Gasteiger partial charge in [0.15, 0.2) is 0 Å². The van der Waals surface area contributed by atoms with E-state index in [2.05, 4.69) is 21.2 Å². The van der Waals surface area contributed by atoms with Crippen molar-refractivity contribution in [2.45, 2.75) is 6.92 Å². The molecule has 16 heavy (non-hydrogen) atoms. The van der Waals surface area contributed by atoms with Crippen molar-refractivity contribution in [3.05, 3.63) is 28.2 Å². The van der Waals surface area contributed by atoms with E-state index in [1.807, 2.05) is 0 Å². The van der Waals surface area contributed by atoms with Crippen molar-refractivity contribution in [3.8, 4) is 0 Å². The third kappa shape index (κ3) is 2.99. The van der Waals surface area contributed by atoms with Gasteiger partial charge in [-0.2, -0.15) is 0 Å². The van der Waals surface area contributed by atoms with Crippen molar-refractivity contribution in [1.82, 2.24) is 0 Å². The molecule has 1 atom stereocenters. The lowest BCUT2D eigenvalue weighted by molar-refractivity contribution is -0.119. The second kappa shape index (κ2) is 5.36. The van der Waals surface area contributed by atoms with Crippen LogP contribution in [0.15, 0.2) is 16.6 Å². The van der Waals surface area contributed by atoms with Crippen molar-refractivity contribution in [2.24, 2.45) is 11.7 Å². The summed E-state index contributed by atoms with van der Waals surface area (Å²) in [6.07, 6.45) is 0. The van der Waals surface area contributed by atoms with Crippen LogP contribution in [0, 0.1) is 17.6 Å². The molecule has 1 rings (SSSR count). The molecule has 0 saturated carbocycles. The maximum Gasteiger partial charge on any atom is 0.228 e. The van der Waals surface area contributed by atoms with Gasteiger partial charge in [-0.3, -0.25) is 4.79 Å². The fraction of sp³-hybridized carbons (Fsp3) is 0.300. The van der Waals surface area contributed by atoms with Gasteiger partial charge < -0.3 is 11.1 Å². The Hall–Kier alpha value is -1.01. The first-order valence-corrected chi connectivity index (χ1v) is 5.40. The van der Waals surface area contributed by atoms with E-state index in [0.29, 0.717) is 0 Å². The lowest BCUT2D eigenvalue weighted by atomic mass is 10.1. The molecule has 0 heterocycles. The van der Waals surface area contributed by atoms with Gasteiger partial charge in [0, 0.05) is 18.5 Å². The molecule has 0 aliphatic heterocycles. The average molecular weight is 293 g/mol. The normalized spacial score (nSPS) is 12.3. The number of rotatable bonds is 3. The molecule has 0 saturated heterocycles. The molecule has 3 N–H and O–H groups in total. The Bertz CT molecular complexity index is 412. The number of hydrogen-bond acceptors (Lipinski definition) is 2. The predicted molar refractivity (Wildman–Crippen MR) is 60.9 cm³/mol. The van der Waals surface area contributed by atoms with Crippen LogP contribution in [0.1, 0.15) is 6.92 Å². The number of carbonyl (C=O) groups is 1. The second-order valence-electron chi connectivity index (χ2n) is 3.37. The highest BCUT2D eigenvalue weighted by Crippen LogP contribution is 2.23. The molecule has 1 unspecified atom stereocenters. The molecule has 88 valence electrons. The zero-order valence-corrected chi connectivity index (χ0v) is 10.1. The predicted octanol–water partition coefficient (Wildman–Crippen LogP) is 2.26. The number of carbonyl (C=O) groups excluding carboxylic acids is 1. The first-order chi connectivity index (χ1) is 7.45. The molecule has 0 aliphatic rings. The number of benzene rings is 1. The van der Waals surface area contributed by atoms with Gasteiger partial charge in [-0.25, -0.2) is 8.78 Å². The monoisotopic (exact) mass is 292 g/mol. The van der Waals surface area contributed by atoms with Gasteiger partial charge in [0.25, 0.3) is 0 Å². The maximum absolute atomic E-state index is 13.3. The van der Waals surface area contributed by atoms with Crippen LogP contribution in [0.3, 0.4) is 0 Å². The molecule has 0 radical (unpaired) electrons. The van der Waals surface area contributed by atoms with Gasteiger partial charge in [-0.15, -0.1) is 0 Å². The quantitative estimate of drug-likeness (QED) is 0.840. The fourth-order valence-electron chi connectivity index (χ4n) is 0.981. The molecule has 6 heteroatoms. The van der Waals surface area contributed by atoms with Gasteiger partial charge in [-0.1, -0.05) is 6.92 Å². The minimum atomic E-state index is -0.703. The van der Waals surface area contributed by atoms with E-state index in [-0.39, 0.29) is 16.7 Å². The number of hydrogen-bond donors (Lipinski definition) is 2. The minimum Gasteiger partial charge on any atom is -0.330 e. The van der Waals surface area contributed by atoms with Crippen molar-refractivity contribution < 1.29 is 13.6 Å². The Kier molecular flexibility index (Phi) is 4.37. The standard InChI is InChI=1S/C10H11BrF2N2O/c1-5(4-14)10(16)15-9-3-7(12)6(11)2-8(9)13/h2-3,5H,4,14H2,1H3,(H,15,16). The average Bonchev–Trinajstić information content (AvgIpc) is 2.24. The first-order valence-electron chi connectivity index (χ1n) is 4.61. The molecule has 0 fully saturated rings. The molecule has 1 amide bonds. The molecule has 0 bridgehead atoms. The van der Waals surface area contributed by atoms with Crippen molar-refractivity contribution in [2.75, 3.05) is 11.9 Å². The number of nitrogens with one attached hydrogen (secondary N) is 1. The Morgan fingerprint density at radius 1 is 1.50 bits per heavy atom. The van der Waals surface area contributed by atoms with Crippen LogP contribution >= 0.6 is 15.9 Å². The van der Waals surface area contributed by atoms with E-state index in [9.17, 15) is 13.6 Å². The van der Waals surface area contributed by atoms with Gasteiger partial charge in [0.05, 0.1) is 10.2 Å². The summed E-state index contributed by atoms with van der Waals surface area (Å²) in [6, 6.07) is 1.87. The lowest BCUT2D eigenvalue weighted by Gasteiger charge is -2.11. The molecule has 1 aromatic rings. The highest BCUT2D eigenvalue weighted by molar-refractivity contribution is 9.10. The smallest absolute Gasteiger partial charge is 0.228 e. The summed E-state index contributed by atoms with van der Waals surface area (Å²) in [4.78, 5) is 11.4. The highest BCUT2D eigenvalue weighted by Gasteiger charge is 2.14. The molecule has 3 nitrogen and oxygen atoms in total. The molecule has 0 aliphatic carbocycles. The second-order valence-corrected chi connectivity index (χ2v) is 4.23. The molecule has 0 spiro atoms.